The molecule has 2 N–H and O–H groups in total. The summed E-state index contributed by atoms with van der Waals surface area (Å²) >= 11 is 0. The van der Waals surface area contributed by atoms with Crippen molar-refractivity contribution in [2.24, 2.45) is 5.16 Å². The number of aryl methyl sites for hydroxylation is 1. The number of pyridine rings is 1. The lowest BCUT2D eigenvalue weighted by Crippen LogP contribution is -1.99. The third-order valence-electron chi connectivity index (χ3n) is 3.40. The normalized spacial score (nSPS) is 11.9. The summed E-state index contributed by atoms with van der Waals surface area (Å²) in [5, 5.41) is 14.0. The smallest absolute Gasteiger partial charge is 0.0922 e. The number of nitrogens with one attached hydrogen (secondary N) is 1. The van der Waals surface area contributed by atoms with Gasteiger partial charge in [-0.3, -0.25) is 4.98 Å². The van der Waals surface area contributed by atoms with Gasteiger partial charge in [-0.1, -0.05) is 16.8 Å². The summed E-state index contributed by atoms with van der Waals surface area (Å²) in [6, 6.07) is 6.26. The van der Waals surface area contributed by atoms with Crippen LogP contribution < -0.4 is 0 Å². The number of benzene rings is 1. The molecule has 0 bridgehead atoms. The Morgan fingerprint density at radius 1 is 1.40 bits per heavy atom. The van der Waals surface area contributed by atoms with Crippen molar-refractivity contribution >= 4 is 28.0 Å². The van der Waals surface area contributed by atoms with Crippen LogP contribution in [0.15, 0.2) is 29.6 Å². The molecule has 20 heavy (non-hydrogen) atoms. The Balaban J connectivity index is 2.43. The fourth-order valence-electron chi connectivity index (χ4n) is 2.55. The first kappa shape index (κ1) is 12.6. The number of methoxy groups -OCH3 is 1. The van der Waals surface area contributed by atoms with Gasteiger partial charge in [0.25, 0.3) is 0 Å². The van der Waals surface area contributed by atoms with Crippen LogP contribution in [0.5, 0.6) is 0 Å². The van der Waals surface area contributed by atoms with Crippen LogP contribution in [-0.4, -0.2) is 28.5 Å². The summed E-state index contributed by atoms with van der Waals surface area (Å²) in [5.74, 6) is 0. The zero-order valence-electron chi connectivity index (χ0n) is 11.3. The highest BCUT2D eigenvalue weighted by molar-refractivity contribution is 6.10. The molecule has 0 aliphatic rings. The summed E-state index contributed by atoms with van der Waals surface area (Å²) in [4.78, 5) is 7.66. The van der Waals surface area contributed by atoms with Gasteiger partial charge in [0, 0.05) is 29.0 Å². The average Bonchev–Trinajstić information content (AvgIpc) is 2.80. The SMILES string of the molecule is COCc1c(/C=N/O)ncc2[nH]c3ccc(C)cc3c12. The third-order valence-corrected chi connectivity index (χ3v) is 3.40. The van der Waals surface area contributed by atoms with E-state index in [1.165, 1.54) is 11.8 Å². The van der Waals surface area contributed by atoms with Crippen molar-refractivity contribution in [3.05, 3.63) is 41.2 Å². The molecule has 0 saturated carbocycles. The molecule has 3 rings (SSSR count). The number of hydrogen-bond acceptors (Lipinski definition) is 4. The van der Waals surface area contributed by atoms with E-state index in [4.69, 9.17) is 9.94 Å². The van der Waals surface area contributed by atoms with E-state index in [0.29, 0.717) is 12.3 Å². The van der Waals surface area contributed by atoms with Crippen molar-refractivity contribution in [1.82, 2.24) is 9.97 Å². The molecule has 0 aliphatic heterocycles. The number of rotatable bonds is 3. The van der Waals surface area contributed by atoms with Gasteiger partial charge in [0.15, 0.2) is 0 Å². The lowest BCUT2D eigenvalue weighted by Gasteiger charge is -2.06. The first-order chi connectivity index (χ1) is 9.74. The van der Waals surface area contributed by atoms with Gasteiger partial charge in [-0.2, -0.15) is 0 Å². The predicted octanol–water partition coefficient (Wildman–Crippen LogP) is 2.98. The van der Waals surface area contributed by atoms with Gasteiger partial charge in [-0.15, -0.1) is 0 Å². The number of ether oxygens (including phenoxy) is 1. The van der Waals surface area contributed by atoms with Crippen molar-refractivity contribution in [3.8, 4) is 0 Å². The molecular weight excluding hydrogens is 254 g/mol. The zero-order valence-corrected chi connectivity index (χ0v) is 11.3. The Morgan fingerprint density at radius 3 is 3.00 bits per heavy atom. The molecule has 3 aromatic rings. The quantitative estimate of drug-likeness (QED) is 0.436. The van der Waals surface area contributed by atoms with Crippen LogP contribution in [-0.2, 0) is 11.3 Å². The second kappa shape index (κ2) is 4.94. The van der Waals surface area contributed by atoms with Crippen LogP contribution in [0.25, 0.3) is 21.8 Å². The lowest BCUT2D eigenvalue weighted by molar-refractivity contribution is 0.185. The summed E-state index contributed by atoms with van der Waals surface area (Å²) in [5.41, 5.74) is 4.73. The summed E-state index contributed by atoms with van der Waals surface area (Å²) < 4.78 is 5.27. The monoisotopic (exact) mass is 269 g/mol. The summed E-state index contributed by atoms with van der Waals surface area (Å²) in [6.45, 7) is 2.47. The number of H-pyrrole nitrogens is 1. The van der Waals surface area contributed by atoms with Gasteiger partial charge < -0.3 is 14.9 Å². The topological polar surface area (TPSA) is 70.5 Å². The molecule has 2 aromatic heterocycles. The van der Waals surface area contributed by atoms with E-state index in [9.17, 15) is 0 Å². The molecule has 5 nitrogen and oxygen atoms in total. The molecule has 0 radical (unpaired) electrons. The maximum absolute atomic E-state index is 8.77. The minimum absolute atomic E-state index is 0.409. The Hall–Kier alpha value is -2.40. The Morgan fingerprint density at radius 2 is 2.25 bits per heavy atom. The second-order valence-electron chi connectivity index (χ2n) is 4.76. The van der Waals surface area contributed by atoms with Gasteiger partial charge in [0.2, 0.25) is 0 Å². The van der Waals surface area contributed by atoms with E-state index in [0.717, 1.165) is 27.4 Å². The molecule has 0 unspecified atom stereocenters. The Kier molecular flexibility index (Phi) is 3.12. The molecule has 0 fully saturated rings. The van der Waals surface area contributed by atoms with Crippen molar-refractivity contribution in [3.63, 3.8) is 0 Å². The molecule has 0 saturated heterocycles. The largest absolute Gasteiger partial charge is 0.411 e. The minimum atomic E-state index is 0.409. The number of oxime groups is 1. The molecule has 0 atom stereocenters. The van der Waals surface area contributed by atoms with Crippen molar-refractivity contribution in [2.75, 3.05) is 7.11 Å². The highest BCUT2D eigenvalue weighted by atomic mass is 16.5. The van der Waals surface area contributed by atoms with Crippen LogP contribution in [0.1, 0.15) is 16.8 Å². The molecule has 2 heterocycles. The van der Waals surface area contributed by atoms with Crippen molar-refractivity contribution in [1.29, 1.82) is 0 Å². The van der Waals surface area contributed by atoms with Crippen molar-refractivity contribution < 1.29 is 9.94 Å². The molecular formula is C15H15N3O2. The van der Waals surface area contributed by atoms with Crippen molar-refractivity contribution in [2.45, 2.75) is 13.5 Å². The van der Waals surface area contributed by atoms with Gasteiger partial charge in [-0.05, 0) is 19.1 Å². The number of aromatic nitrogens is 2. The van der Waals surface area contributed by atoms with E-state index in [2.05, 4.69) is 40.2 Å². The maximum atomic E-state index is 8.77. The minimum Gasteiger partial charge on any atom is -0.411 e. The standard InChI is InChI=1S/C15H15N3O2/c1-9-3-4-12-10(5-9)15-11(8-20-2)13(7-17-19)16-6-14(15)18-12/h3-7,18-19H,8H2,1-2H3/b17-7+. The molecule has 102 valence electrons. The van der Waals surface area contributed by atoms with Crippen LogP contribution in [0.3, 0.4) is 0 Å². The van der Waals surface area contributed by atoms with Gasteiger partial charge in [0.05, 0.1) is 30.2 Å². The van der Waals surface area contributed by atoms with Gasteiger partial charge >= 0.3 is 0 Å². The highest BCUT2D eigenvalue weighted by Crippen LogP contribution is 2.30. The molecule has 1 aromatic carbocycles. The van der Waals surface area contributed by atoms with E-state index in [1.54, 1.807) is 13.3 Å². The maximum Gasteiger partial charge on any atom is 0.0922 e. The van der Waals surface area contributed by atoms with E-state index < -0.39 is 0 Å². The van der Waals surface area contributed by atoms with E-state index in [1.807, 2.05) is 0 Å². The van der Waals surface area contributed by atoms with Gasteiger partial charge in [-0.25, -0.2) is 0 Å². The second-order valence-corrected chi connectivity index (χ2v) is 4.76. The third kappa shape index (κ3) is 1.92. The fraction of sp³-hybridized carbons (Fsp3) is 0.200. The van der Waals surface area contributed by atoms with Crippen LogP contribution in [0.4, 0.5) is 0 Å². The fourth-order valence-corrected chi connectivity index (χ4v) is 2.55. The van der Waals surface area contributed by atoms with E-state index in [-0.39, 0.29) is 0 Å². The first-order valence-corrected chi connectivity index (χ1v) is 6.31. The first-order valence-electron chi connectivity index (χ1n) is 6.31. The van der Waals surface area contributed by atoms with Crippen LogP contribution >= 0.6 is 0 Å². The average molecular weight is 269 g/mol. The zero-order chi connectivity index (χ0) is 14.1. The van der Waals surface area contributed by atoms with Crippen LogP contribution in [0.2, 0.25) is 0 Å². The number of fused-ring (bicyclic) bond motifs is 3. The molecule has 0 aliphatic carbocycles. The summed E-state index contributed by atoms with van der Waals surface area (Å²) in [6.07, 6.45) is 3.09. The summed E-state index contributed by atoms with van der Waals surface area (Å²) in [7, 11) is 1.64. The Labute approximate surface area is 115 Å². The molecule has 0 amide bonds. The lowest BCUT2D eigenvalue weighted by atomic mass is 10.0. The molecule has 0 spiro atoms. The molecule has 5 heteroatoms. The van der Waals surface area contributed by atoms with Gasteiger partial charge in [0.1, 0.15) is 0 Å². The number of nitrogens with zero attached hydrogens (tertiary/aromatic N) is 2. The number of aromatic amines is 1. The van der Waals surface area contributed by atoms with E-state index >= 15 is 0 Å². The Bertz CT molecular complexity index is 806. The number of hydrogen-bond donors (Lipinski definition) is 2. The predicted molar refractivity (Wildman–Crippen MR) is 78.4 cm³/mol. The van der Waals surface area contributed by atoms with Crippen LogP contribution in [0, 0.1) is 6.92 Å². The highest BCUT2D eigenvalue weighted by Gasteiger charge is 2.13.